The molecule has 1 unspecified atom stereocenters. The Labute approximate surface area is 101 Å². The van der Waals surface area contributed by atoms with Gasteiger partial charge in [-0.15, -0.1) is 0 Å². The number of aryl methyl sites for hydroxylation is 3. The fraction of sp³-hybridized carbons (Fsp3) is 0.286. The van der Waals surface area contributed by atoms with Crippen molar-refractivity contribution in [1.29, 1.82) is 0 Å². The number of aliphatic hydroxyl groups excluding tert-OH is 1. The van der Waals surface area contributed by atoms with Crippen LogP contribution >= 0.6 is 0 Å². The molecule has 88 valence electrons. The molecule has 17 heavy (non-hydrogen) atoms. The molecule has 3 heteroatoms. The second-order valence-electron chi connectivity index (χ2n) is 4.26. The largest absolute Gasteiger partial charge is 0.384 e. The zero-order valence-electron chi connectivity index (χ0n) is 10.3. The molecule has 0 fully saturated rings. The van der Waals surface area contributed by atoms with E-state index in [9.17, 15) is 5.11 Å². The number of aromatic nitrogens is 2. The molecule has 1 N–H and O–H groups in total. The molecule has 3 nitrogen and oxygen atoms in total. The summed E-state index contributed by atoms with van der Waals surface area (Å²) in [5.41, 5.74) is 4.53. The Morgan fingerprint density at radius 2 is 1.82 bits per heavy atom. The summed E-state index contributed by atoms with van der Waals surface area (Å²) in [6, 6.07) is 5.74. The molecule has 0 aliphatic rings. The average molecular weight is 228 g/mol. The van der Waals surface area contributed by atoms with Crippen LogP contribution in [0.25, 0.3) is 0 Å². The van der Waals surface area contributed by atoms with Crippen molar-refractivity contribution in [3.05, 3.63) is 58.7 Å². The first-order valence-corrected chi connectivity index (χ1v) is 5.62. The standard InChI is InChI=1S/C14H16N2O/c1-9-6-7-15-8-13(9)14(17)12-5-4-10(2)16-11(12)3/h4-8,14,17H,1-3H3. The zero-order valence-corrected chi connectivity index (χ0v) is 10.3. The van der Waals surface area contributed by atoms with E-state index in [1.807, 2.05) is 39.0 Å². The van der Waals surface area contributed by atoms with Gasteiger partial charge in [-0.3, -0.25) is 9.97 Å². The Bertz CT molecular complexity index is 537. The highest BCUT2D eigenvalue weighted by Gasteiger charge is 2.15. The maximum Gasteiger partial charge on any atom is 0.108 e. The second-order valence-corrected chi connectivity index (χ2v) is 4.26. The van der Waals surface area contributed by atoms with Gasteiger partial charge in [0, 0.05) is 34.9 Å². The lowest BCUT2D eigenvalue weighted by Gasteiger charge is -2.15. The molecule has 0 bridgehead atoms. The molecule has 2 aromatic rings. The Hall–Kier alpha value is -1.74. The normalized spacial score (nSPS) is 12.5. The van der Waals surface area contributed by atoms with E-state index in [0.29, 0.717) is 0 Å². The van der Waals surface area contributed by atoms with Gasteiger partial charge in [-0.1, -0.05) is 6.07 Å². The minimum Gasteiger partial charge on any atom is -0.384 e. The molecule has 2 rings (SSSR count). The number of hydrogen-bond donors (Lipinski definition) is 1. The van der Waals surface area contributed by atoms with E-state index in [1.54, 1.807) is 12.4 Å². The van der Waals surface area contributed by atoms with Crippen LogP contribution in [0.5, 0.6) is 0 Å². The molecule has 1 atom stereocenters. The van der Waals surface area contributed by atoms with E-state index in [0.717, 1.165) is 28.1 Å². The second kappa shape index (κ2) is 4.63. The summed E-state index contributed by atoms with van der Waals surface area (Å²) in [4.78, 5) is 8.43. The number of pyridine rings is 2. The van der Waals surface area contributed by atoms with Gasteiger partial charge in [0.15, 0.2) is 0 Å². The van der Waals surface area contributed by atoms with Crippen molar-refractivity contribution < 1.29 is 5.11 Å². The van der Waals surface area contributed by atoms with Crippen LogP contribution in [0.1, 0.15) is 34.2 Å². The van der Waals surface area contributed by atoms with Crippen LogP contribution in [0.2, 0.25) is 0 Å². The zero-order chi connectivity index (χ0) is 12.4. The predicted octanol–water partition coefficient (Wildman–Crippen LogP) is 2.48. The smallest absolute Gasteiger partial charge is 0.108 e. The van der Waals surface area contributed by atoms with E-state index in [1.165, 1.54) is 0 Å². The maximum atomic E-state index is 10.4. The third kappa shape index (κ3) is 2.34. The summed E-state index contributed by atoms with van der Waals surface area (Å²) in [6.45, 7) is 5.83. The van der Waals surface area contributed by atoms with Crippen molar-refractivity contribution in [2.45, 2.75) is 26.9 Å². The Balaban J connectivity index is 2.44. The van der Waals surface area contributed by atoms with Gasteiger partial charge < -0.3 is 5.11 Å². The van der Waals surface area contributed by atoms with E-state index < -0.39 is 6.10 Å². The molecule has 0 saturated carbocycles. The molecule has 2 aromatic heterocycles. The molecule has 0 aromatic carbocycles. The van der Waals surface area contributed by atoms with E-state index in [4.69, 9.17) is 0 Å². The summed E-state index contributed by atoms with van der Waals surface area (Å²) >= 11 is 0. The topological polar surface area (TPSA) is 46.0 Å². The summed E-state index contributed by atoms with van der Waals surface area (Å²) in [7, 11) is 0. The molecule has 2 heterocycles. The predicted molar refractivity (Wildman–Crippen MR) is 66.7 cm³/mol. The van der Waals surface area contributed by atoms with Crippen molar-refractivity contribution >= 4 is 0 Å². The molecule has 0 amide bonds. The van der Waals surface area contributed by atoms with Gasteiger partial charge in [0.1, 0.15) is 6.10 Å². The molecular weight excluding hydrogens is 212 g/mol. The van der Waals surface area contributed by atoms with E-state index >= 15 is 0 Å². The molecule has 0 radical (unpaired) electrons. The van der Waals surface area contributed by atoms with E-state index in [-0.39, 0.29) is 0 Å². The minimum atomic E-state index is -0.656. The van der Waals surface area contributed by atoms with Crippen LogP contribution in [0.3, 0.4) is 0 Å². The molecule has 0 saturated heterocycles. The third-order valence-electron chi connectivity index (χ3n) is 2.93. The fourth-order valence-electron chi connectivity index (χ4n) is 1.92. The van der Waals surface area contributed by atoms with E-state index in [2.05, 4.69) is 9.97 Å². The first-order valence-electron chi connectivity index (χ1n) is 5.62. The monoisotopic (exact) mass is 228 g/mol. The summed E-state index contributed by atoms with van der Waals surface area (Å²) in [5, 5.41) is 10.4. The van der Waals surface area contributed by atoms with Crippen molar-refractivity contribution in [2.75, 3.05) is 0 Å². The van der Waals surface area contributed by atoms with Gasteiger partial charge in [0.05, 0.1) is 0 Å². The lowest BCUT2D eigenvalue weighted by Crippen LogP contribution is -2.06. The highest BCUT2D eigenvalue weighted by atomic mass is 16.3. The first-order chi connectivity index (χ1) is 8.09. The van der Waals surface area contributed by atoms with Crippen LogP contribution in [0, 0.1) is 20.8 Å². The number of hydrogen-bond acceptors (Lipinski definition) is 3. The van der Waals surface area contributed by atoms with Gasteiger partial charge >= 0.3 is 0 Å². The Morgan fingerprint density at radius 3 is 2.47 bits per heavy atom. The van der Waals surface area contributed by atoms with Crippen molar-refractivity contribution in [3.8, 4) is 0 Å². The first kappa shape index (κ1) is 11.7. The molecule has 0 aliphatic carbocycles. The van der Waals surface area contributed by atoms with Gasteiger partial charge in [0.2, 0.25) is 0 Å². The van der Waals surface area contributed by atoms with Gasteiger partial charge in [-0.25, -0.2) is 0 Å². The Morgan fingerprint density at radius 1 is 1.06 bits per heavy atom. The van der Waals surface area contributed by atoms with Crippen molar-refractivity contribution in [1.82, 2.24) is 9.97 Å². The molecule has 0 aliphatic heterocycles. The summed E-state index contributed by atoms with van der Waals surface area (Å²) in [6.07, 6.45) is 2.78. The Kier molecular flexibility index (Phi) is 3.20. The molecular formula is C14H16N2O. The van der Waals surface area contributed by atoms with Crippen LogP contribution in [0.15, 0.2) is 30.6 Å². The average Bonchev–Trinajstić information content (AvgIpc) is 2.29. The van der Waals surface area contributed by atoms with Crippen molar-refractivity contribution in [2.24, 2.45) is 0 Å². The number of rotatable bonds is 2. The van der Waals surface area contributed by atoms with Crippen molar-refractivity contribution in [3.63, 3.8) is 0 Å². The summed E-state index contributed by atoms with van der Waals surface area (Å²) < 4.78 is 0. The van der Waals surface area contributed by atoms with Crippen LogP contribution < -0.4 is 0 Å². The number of nitrogens with zero attached hydrogens (tertiary/aromatic N) is 2. The lowest BCUT2D eigenvalue weighted by molar-refractivity contribution is 0.218. The number of aliphatic hydroxyl groups is 1. The van der Waals surface area contributed by atoms with Crippen LogP contribution in [-0.2, 0) is 0 Å². The molecule has 0 spiro atoms. The summed E-state index contributed by atoms with van der Waals surface area (Å²) in [5.74, 6) is 0. The fourth-order valence-corrected chi connectivity index (χ4v) is 1.92. The van der Waals surface area contributed by atoms with Crippen LogP contribution in [0.4, 0.5) is 0 Å². The van der Waals surface area contributed by atoms with Gasteiger partial charge in [0.25, 0.3) is 0 Å². The minimum absolute atomic E-state index is 0.656. The van der Waals surface area contributed by atoms with Gasteiger partial charge in [-0.05, 0) is 38.5 Å². The lowest BCUT2D eigenvalue weighted by atomic mass is 9.98. The SMILES string of the molecule is Cc1ccc(C(O)c2cnccc2C)c(C)n1. The highest BCUT2D eigenvalue weighted by Crippen LogP contribution is 2.25. The third-order valence-corrected chi connectivity index (χ3v) is 2.93. The van der Waals surface area contributed by atoms with Crippen LogP contribution in [-0.4, -0.2) is 15.1 Å². The quantitative estimate of drug-likeness (QED) is 0.859. The van der Waals surface area contributed by atoms with Gasteiger partial charge in [-0.2, -0.15) is 0 Å². The maximum absolute atomic E-state index is 10.4. The highest BCUT2D eigenvalue weighted by molar-refractivity contribution is 5.35.